The summed E-state index contributed by atoms with van der Waals surface area (Å²) in [6, 6.07) is 0. The smallest absolute Gasteiger partial charge is 0.183 e. The minimum Gasteiger partial charge on any atom is -0.418 e. The predicted octanol–water partition coefficient (Wildman–Crippen LogP) is 6.32. The molecule has 0 amide bonds. The molecular formula is C17H36OSi. The zero-order valence-corrected chi connectivity index (χ0v) is 14.8. The maximum absolute atomic E-state index is 5.85. The van der Waals surface area contributed by atoms with Gasteiger partial charge in [-0.05, 0) is 45.8 Å². The van der Waals surface area contributed by atoms with Crippen LogP contribution in [0.1, 0.15) is 71.1 Å². The molecule has 0 aliphatic rings. The Kier molecular flexibility index (Phi) is 12.9. The second-order valence-electron chi connectivity index (χ2n) is 6.50. The molecule has 0 unspecified atom stereocenters. The van der Waals surface area contributed by atoms with Gasteiger partial charge in [0.1, 0.15) is 0 Å². The summed E-state index contributed by atoms with van der Waals surface area (Å²) in [5.41, 5.74) is 0. The molecule has 0 N–H and O–H groups in total. The lowest BCUT2D eigenvalue weighted by atomic mass is 10.1. The molecule has 0 saturated carbocycles. The van der Waals surface area contributed by atoms with Gasteiger partial charge >= 0.3 is 0 Å². The third-order valence-electron chi connectivity index (χ3n) is 3.29. The van der Waals surface area contributed by atoms with Crippen LogP contribution in [0.2, 0.25) is 19.6 Å². The lowest BCUT2D eigenvalue weighted by molar-refractivity contribution is 0.298. The SMILES string of the molecule is CC=CCCCCCCCCCCCO[Si](C)(C)C. The molecule has 0 atom stereocenters. The fourth-order valence-electron chi connectivity index (χ4n) is 2.15. The lowest BCUT2D eigenvalue weighted by Crippen LogP contribution is -2.25. The number of unbranched alkanes of at least 4 members (excludes halogenated alkanes) is 9. The highest BCUT2D eigenvalue weighted by atomic mass is 28.4. The van der Waals surface area contributed by atoms with E-state index in [0.29, 0.717) is 0 Å². The molecule has 0 rings (SSSR count). The molecular weight excluding hydrogens is 248 g/mol. The van der Waals surface area contributed by atoms with E-state index in [9.17, 15) is 0 Å². The number of hydrogen-bond acceptors (Lipinski definition) is 1. The summed E-state index contributed by atoms with van der Waals surface area (Å²) < 4.78 is 5.85. The van der Waals surface area contributed by atoms with E-state index in [4.69, 9.17) is 4.43 Å². The van der Waals surface area contributed by atoms with E-state index >= 15 is 0 Å². The van der Waals surface area contributed by atoms with Crippen molar-refractivity contribution in [1.29, 1.82) is 0 Å². The van der Waals surface area contributed by atoms with Gasteiger partial charge in [-0.1, -0.05) is 57.1 Å². The second kappa shape index (κ2) is 12.9. The number of rotatable bonds is 13. The molecule has 0 saturated heterocycles. The van der Waals surface area contributed by atoms with Crippen molar-refractivity contribution in [3.8, 4) is 0 Å². The maximum atomic E-state index is 5.85. The average Bonchev–Trinajstić information content (AvgIpc) is 2.34. The Morgan fingerprint density at radius 2 is 1.21 bits per heavy atom. The number of hydrogen-bond donors (Lipinski definition) is 0. The van der Waals surface area contributed by atoms with E-state index in [1.165, 1.54) is 64.2 Å². The van der Waals surface area contributed by atoms with Crippen LogP contribution in [0, 0.1) is 0 Å². The molecule has 114 valence electrons. The molecule has 0 aromatic rings. The van der Waals surface area contributed by atoms with Gasteiger partial charge in [0.25, 0.3) is 0 Å². The Morgan fingerprint density at radius 1 is 0.737 bits per heavy atom. The van der Waals surface area contributed by atoms with Gasteiger partial charge < -0.3 is 4.43 Å². The monoisotopic (exact) mass is 284 g/mol. The minimum absolute atomic E-state index is 0.987. The Balaban J connectivity index is 3.03. The van der Waals surface area contributed by atoms with Crippen LogP contribution in [-0.4, -0.2) is 14.9 Å². The van der Waals surface area contributed by atoms with Gasteiger partial charge in [-0.3, -0.25) is 0 Å². The number of allylic oxidation sites excluding steroid dienone is 2. The first-order valence-corrected chi connectivity index (χ1v) is 11.7. The standard InChI is InChI=1S/C17H36OSi/c1-5-6-7-8-9-10-11-12-13-14-15-16-17-18-19(2,3)4/h5-6H,7-17H2,1-4H3. The Bertz CT molecular complexity index is 206. The van der Waals surface area contributed by atoms with Crippen molar-refractivity contribution >= 4 is 8.32 Å². The van der Waals surface area contributed by atoms with Crippen molar-refractivity contribution in [2.45, 2.75) is 90.8 Å². The summed E-state index contributed by atoms with van der Waals surface area (Å²) in [6.45, 7) is 9.89. The fraction of sp³-hybridized carbons (Fsp3) is 0.882. The zero-order valence-electron chi connectivity index (χ0n) is 13.8. The van der Waals surface area contributed by atoms with Crippen molar-refractivity contribution < 1.29 is 4.43 Å². The molecule has 0 heterocycles. The van der Waals surface area contributed by atoms with Crippen molar-refractivity contribution in [3.63, 3.8) is 0 Å². The summed E-state index contributed by atoms with van der Waals surface area (Å²) in [5, 5.41) is 0. The first-order chi connectivity index (χ1) is 9.06. The molecule has 1 nitrogen and oxygen atoms in total. The van der Waals surface area contributed by atoms with E-state index in [-0.39, 0.29) is 0 Å². The van der Waals surface area contributed by atoms with Gasteiger partial charge in [-0.15, -0.1) is 0 Å². The van der Waals surface area contributed by atoms with E-state index < -0.39 is 8.32 Å². The van der Waals surface area contributed by atoms with Crippen LogP contribution in [0.4, 0.5) is 0 Å². The molecule has 0 bridgehead atoms. The lowest BCUT2D eigenvalue weighted by Gasteiger charge is -2.16. The highest BCUT2D eigenvalue weighted by molar-refractivity contribution is 6.69. The summed E-state index contributed by atoms with van der Waals surface area (Å²) in [6.07, 6.45) is 18.2. The molecule has 2 heteroatoms. The molecule has 19 heavy (non-hydrogen) atoms. The summed E-state index contributed by atoms with van der Waals surface area (Å²) >= 11 is 0. The zero-order chi connectivity index (χ0) is 14.4. The fourth-order valence-corrected chi connectivity index (χ4v) is 2.90. The van der Waals surface area contributed by atoms with E-state index in [0.717, 1.165) is 6.61 Å². The molecule has 0 aromatic heterocycles. The first kappa shape index (κ1) is 18.9. The van der Waals surface area contributed by atoms with Crippen LogP contribution < -0.4 is 0 Å². The van der Waals surface area contributed by atoms with Gasteiger partial charge in [0.2, 0.25) is 0 Å². The van der Waals surface area contributed by atoms with Crippen molar-refractivity contribution in [2.75, 3.05) is 6.61 Å². The van der Waals surface area contributed by atoms with Gasteiger partial charge in [0.05, 0.1) is 0 Å². The maximum Gasteiger partial charge on any atom is 0.183 e. The van der Waals surface area contributed by atoms with Crippen molar-refractivity contribution in [2.24, 2.45) is 0 Å². The van der Waals surface area contributed by atoms with Crippen molar-refractivity contribution in [3.05, 3.63) is 12.2 Å². The van der Waals surface area contributed by atoms with Crippen molar-refractivity contribution in [1.82, 2.24) is 0 Å². The summed E-state index contributed by atoms with van der Waals surface area (Å²) in [4.78, 5) is 0. The predicted molar refractivity (Wildman–Crippen MR) is 90.3 cm³/mol. The van der Waals surface area contributed by atoms with Crippen LogP contribution in [-0.2, 0) is 4.43 Å². The average molecular weight is 285 g/mol. The van der Waals surface area contributed by atoms with Crippen LogP contribution in [0.5, 0.6) is 0 Å². The minimum atomic E-state index is -1.26. The molecule has 0 aromatic carbocycles. The van der Waals surface area contributed by atoms with Gasteiger partial charge in [0.15, 0.2) is 8.32 Å². The van der Waals surface area contributed by atoms with Gasteiger partial charge in [-0.2, -0.15) is 0 Å². The van der Waals surface area contributed by atoms with Crippen LogP contribution in [0.25, 0.3) is 0 Å². The normalized spacial score (nSPS) is 12.4. The first-order valence-electron chi connectivity index (χ1n) is 8.31. The Hall–Kier alpha value is -0.0831. The summed E-state index contributed by atoms with van der Waals surface area (Å²) in [5.74, 6) is 0. The molecule has 0 spiro atoms. The van der Waals surface area contributed by atoms with E-state index in [1.807, 2.05) is 0 Å². The highest BCUT2D eigenvalue weighted by Crippen LogP contribution is 2.11. The van der Waals surface area contributed by atoms with Gasteiger partial charge in [0, 0.05) is 6.61 Å². The van der Waals surface area contributed by atoms with E-state index in [2.05, 4.69) is 38.7 Å². The largest absolute Gasteiger partial charge is 0.418 e. The third-order valence-corrected chi connectivity index (χ3v) is 4.36. The van der Waals surface area contributed by atoms with Crippen LogP contribution in [0.3, 0.4) is 0 Å². The highest BCUT2D eigenvalue weighted by Gasteiger charge is 2.12. The quantitative estimate of drug-likeness (QED) is 0.218. The molecule has 0 aliphatic heterocycles. The van der Waals surface area contributed by atoms with Gasteiger partial charge in [-0.25, -0.2) is 0 Å². The van der Waals surface area contributed by atoms with Crippen LogP contribution in [0.15, 0.2) is 12.2 Å². The second-order valence-corrected chi connectivity index (χ2v) is 11.0. The van der Waals surface area contributed by atoms with E-state index in [1.54, 1.807) is 0 Å². The topological polar surface area (TPSA) is 9.23 Å². The Labute approximate surface area is 123 Å². The molecule has 0 aliphatic carbocycles. The third kappa shape index (κ3) is 17.9. The van der Waals surface area contributed by atoms with Crippen LogP contribution >= 0.6 is 0 Å². The Morgan fingerprint density at radius 3 is 1.68 bits per heavy atom. The molecule has 0 fully saturated rings. The molecule has 0 radical (unpaired) electrons. The summed E-state index contributed by atoms with van der Waals surface area (Å²) in [7, 11) is -1.26.